The van der Waals surface area contributed by atoms with E-state index >= 15 is 0 Å². The lowest BCUT2D eigenvalue weighted by atomic mass is 9.76. The molecular formula is C28H38O2. The SMILES string of the molecule is CCCCCCCOc1ccc(-c2ccc([C@@H]3CC[C@@H](CCC)CC3=O)cc2)cc1. The number of ether oxygens (including phenoxy) is 1. The Balaban J connectivity index is 1.52. The molecule has 0 aromatic heterocycles. The van der Waals surface area contributed by atoms with E-state index in [4.69, 9.17) is 4.74 Å². The van der Waals surface area contributed by atoms with Crippen LogP contribution in [0.4, 0.5) is 0 Å². The topological polar surface area (TPSA) is 26.3 Å². The van der Waals surface area contributed by atoms with Gasteiger partial charge in [0.15, 0.2) is 0 Å². The minimum absolute atomic E-state index is 0.0975. The summed E-state index contributed by atoms with van der Waals surface area (Å²) in [6.45, 7) is 5.25. The molecule has 0 aliphatic heterocycles. The zero-order chi connectivity index (χ0) is 21.2. The van der Waals surface area contributed by atoms with Crippen LogP contribution in [0.2, 0.25) is 0 Å². The number of rotatable bonds is 11. The van der Waals surface area contributed by atoms with Gasteiger partial charge in [0.2, 0.25) is 0 Å². The third-order valence-corrected chi connectivity index (χ3v) is 6.46. The fourth-order valence-corrected chi connectivity index (χ4v) is 4.65. The van der Waals surface area contributed by atoms with Crippen LogP contribution >= 0.6 is 0 Å². The average Bonchev–Trinajstić information content (AvgIpc) is 2.77. The summed E-state index contributed by atoms with van der Waals surface area (Å²) in [5.74, 6) is 2.08. The first-order valence-electron chi connectivity index (χ1n) is 12.1. The van der Waals surface area contributed by atoms with Gasteiger partial charge in [0, 0.05) is 12.3 Å². The second-order valence-corrected chi connectivity index (χ2v) is 8.86. The van der Waals surface area contributed by atoms with Gasteiger partial charge in [-0.3, -0.25) is 4.79 Å². The van der Waals surface area contributed by atoms with Crippen LogP contribution in [-0.2, 0) is 4.79 Å². The number of Topliss-reactive ketones (excluding diaryl/α,β-unsaturated/α-hetero) is 1. The normalized spacial score (nSPS) is 19.1. The Bertz CT molecular complexity index is 760. The van der Waals surface area contributed by atoms with Gasteiger partial charge in [0.05, 0.1) is 6.61 Å². The second kappa shape index (κ2) is 11.9. The summed E-state index contributed by atoms with van der Waals surface area (Å²) in [6, 6.07) is 17.0. The molecule has 0 radical (unpaired) electrons. The van der Waals surface area contributed by atoms with E-state index in [2.05, 4.69) is 62.4 Å². The van der Waals surface area contributed by atoms with Crippen molar-refractivity contribution >= 4 is 5.78 Å². The van der Waals surface area contributed by atoms with E-state index in [1.54, 1.807) is 0 Å². The van der Waals surface area contributed by atoms with Crippen LogP contribution in [0, 0.1) is 5.92 Å². The number of benzene rings is 2. The van der Waals surface area contributed by atoms with Gasteiger partial charge in [-0.2, -0.15) is 0 Å². The summed E-state index contributed by atoms with van der Waals surface area (Å²) in [5, 5.41) is 0. The van der Waals surface area contributed by atoms with Gasteiger partial charge in [-0.1, -0.05) is 88.8 Å². The predicted molar refractivity (Wildman–Crippen MR) is 126 cm³/mol. The Kier molecular flexibility index (Phi) is 8.99. The van der Waals surface area contributed by atoms with Crippen LogP contribution < -0.4 is 4.74 Å². The molecule has 0 bridgehead atoms. The minimum atomic E-state index is 0.0975. The molecule has 1 aliphatic carbocycles. The highest BCUT2D eigenvalue weighted by Crippen LogP contribution is 2.35. The zero-order valence-electron chi connectivity index (χ0n) is 18.9. The maximum atomic E-state index is 12.6. The molecule has 0 heterocycles. The molecule has 2 atom stereocenters. The van der Waals surface area contributed by atoms with Crippen LogP contribution in [0.5, 0.6) is 5.75 Å². The molecule has 30 heavy (non-hydrogen) atoms. The molecule has 2 aromatic rings. The summed E-state index contributed by atoms with van der Waals surface area (Å²) in [5.41, 5.74) is 3.56. The summed E-state index contributed by atoms with van der Waals surface area (Å²) < 4.78 is 5.88. The Morgan fingerprint density at radius 3 is 2.10 bits per heavy atom. The van der Waals surface area contributed by atoms with Crippen molar-refractivity contribution in [1.82, 2.24) is 0 Å². The monoisotopic (exact) mass is 406 g/mol. The van der Waals surface area contributed by atoms with Gasteiger partial charge in [0.1, 0.15) is 11.5 Å². The highest BCUT2D eigenvalue weighted by atomic mass is 16.5. The van der Waals surface area contributed by atoms with E-state index in [1.165, 1.54) is 61.6 Å². The maximum Gasteiger partial charge on any atom is 0.140 e. The lowest BCUT2D eigenvalue weighted by molar-refractivity contribution is -0.123. The Morgan fingerprint density at radius 2 is 1.47 bits per heavy atom. The molecule has 0 unspecified atom stereocenters. The quantitative estimate of drug-likeness (QED) is 0.354. The molecule has 1 saturated carbocycles. The fraction of sp³-hybridized carbons (Fsp3) is 0.536. The molecule has 1 fully saturated rings. The molecule has 162 valence electrons. The van der Waals surface area contributed by atoms with Gasteiger partial charge < -0.3 is 4.74 Å². The van der Waals surface area contributed by atoms with Crippen LogP contribution in [0.15, 0.2) is 48.5 Å². The minimum Gasteiger partial charge on any atom is -0.494 e. The third kappa shape index (κ3) is 6.45. The molecule has 0 spiro atoms. The number of hydrogen-bond donors (Lipinski definition) is 0. The average molecular weight is 407 g/mol. The number of carbonyl (C=O) groups is 1. The molecule has 2 heteroatoms. The van der Waals surface area contributed by atoms with Crippen LogP contribution in [-0.4, -0.2) is 12.4 Å². The van der Waals surface area contributed by atoms with Gasteiger partial charge in [-0.15, -0.1) is 0 Å². The summed E-state index contributed by atoms with van der Waals surface area (Å²) in [4.78, 5) is 12.6. The fourth-order valence-electron chi connectivity index (χ4n) is 4.65. The first-order valence-corrected chi connectivity index (χ1v) is 12.1. The van der Waals surface area contributed by atoms with Crippen LogP contribution in [0.3, 0.4) is 0 Å². The molecule has 0 amide bonds. The number of unbranched alkanes of at least 4 members (excludes halogenated alkanes) is 4. The van der Waals surface area contributed by atoms with E-state index in [0.717, 1.165) is 31.6 Å². The van der Waals surface area contributed by atoms with Crippen molar-refractivity contribution in [3.63, 3.8) is 0 Å². The maximum absolute atomic E-state index is 12.6. The standard InChI is InChI=1S/C28H38O2/c1-3-5-6-7-8-20-30-26-17-15-24(16-18-26)23-11-13-25(14-12-23)27-19-10-22(9-4-2)21-28(27)29/h11-18,22,27H,3-10,19-21H2,1-2H3/t22-,27+/m1/s1. The molecule has 3 rings (SSSR count). The van der Waals surface area contributed by atoms with Crippen molar-refractivity contribution in [3.05, 3.63) is 54.1 Å². The van der Waals surface area contributed by atoms with E-state index in [-0.39, 0.29) is 5.92 Å². The Morgan fingerprint density at radius 1 is 0.800 bits per heavy atom. The Hall–Kier alpha value is -2.09. The molecule has 0 saturated heterocycles. The predicted octanol–water partition coefficient (Wildman–Crippen LogP) is 7.96. The first kappa shape index (κ1) is 22.6. The van der Waals surface area contributed by atoms with E-state index < -0.39 is 0 Å². The third-order valence-electron chi connectivity index (χ3n) is 6.46. The smallest absolute Gasteiger partial charge is 0.140 e. The van der Waals surface area contributed by atoms with Gasteiger partial charge in [-0.05, 0) is 54.0 Å². The Labute approximate surface area is 183 Å². The van der Waals surface area contributed by atoms with Crippen LogP contribution in [0.25, 0.3) is 11.1 Å². The van der Waals surface area contributed by atoms with Gasteiger partial charge >= 0.3 is 0 Å². The molecule has 1 aliphatic rings. The summed E-state index contributed by atoms with van der Waals surface area (Å²) >= 11 is 0. The lowest BCUT2D eigenvalue weighted by Crippen LogP contribution is -2.23. The summed E-state index contributed by atoms with van der Waals surface area (Å²) in [6.07, 6.45) is 11.6. The zero-order valence-corrected chi connectivity index (χ0v) is 18.9. The molecular weight excluding hydrogens is 368 g/mol. The van der Waals surface area contributed by atoms with E-state index in [9.17, 15) is 4.79 Å². The second-order valence-electron chi connectivity index (χ2n) is 8.86. The number of ketones is 1. The molecule has 2 aromatic carbocycles. The lowest BCUT2D eigenvalue weighted by Gasteiger charge is -2.27. The number of carbonyl (C=O) groups excluding carboxylic acids is 1. The van der Waals surface area contributed by atoms with E-state index in [0.29, 0.717) is 11.7 Å². The molecule has 0 N–H and O–H groups in total. The van der Waals surface area contributed by atoms with Crippen molar-refractivity contribution in [1.29, 1.82) is 0 Å². The highest BCUT2D eigenvalue weighted by molar-refractivity contribution is 5.86. The van der Waals surface area contributed by atoms with Crippen molar-refractivity contribution in [2.45, 2.75) is 84.0 Å². The summed E-state index contributed by atoms with van der Waals surface area (Å²) in [7, 11) is 0. The van der Waals surface area contributed by atoms with Gasteiger partial charge in [0.25, 0.3) is 0 Å². The first-order chi connectivity index (χ1) is 14.7. The van der Waals surface area contributed by atoms with Crippen LogP contribution in [0.1, 0.15) is 89.5 Å². The highest BCUT2D eigenvalue weighted by Gasteiger charge is 2.29. The van der Waals surface area contributed by atoms with Crippen molar-refractivity contribution in [2.75, 3.05) is 6.61 Å². The van der Waals surface area contributed by atoms with Crippen molar-refractivity contribution in [3.8, 4) is 16.9 Å². The van der Waals surface area contributed by atoms with E-state index in [1.807, 2.05) is 0 Å². The van der Waals surface area contributed by atoms with Gasteiger partial charge in [-0.25, -0.2) is 0 Å². The number of hydrogen-bond acceptors (Lipinski definition) is 2. The largest absolute Gasteiger partial charge is 0.494 e. The molecule has 2 nitrogen and oxygen atoms in total. The van der Waals surface area contributed by atoms with Crippen molar-refractivity contribution < 1.29 is 9.53 Å². The van der Waals surface area contributed by atoms with Crippen molar-refractivity contribution in [2.24, 2.45) is 5.92 Å².